The van der Waals surface area contributed by atoms with Gasteiger partial charge in [-0.25, -0.2) is 8.42 Å². The van der Waals surface area contributed by atoms with Gasteiger partial charge in [0.25, 0.3) is 0 Å². The first-order valence-corrected chi connectivity index (χ1v) is 10.7. The molecule has 0 saturated carbocycles. The highest BCUT2D eigenvalue weighted by atomic mass is 32.2. The standard InChI is InChI=1S/C21H23N3O4S/c1-15-10-16(2)12-19(11-15)28-20-5-4-18(14-22)13-21(20)29(26,27)24-8-6-23(7-9-24)17(3)25/h4-5,10-13H,6-9H2,1-3H3. The van der Waals surface area contributed by atoms with Crippen molar-refractivity contribution in [2.45, 2.75) is 25.7 Å². The molecular formula is C21H23N3O4S. The maximum absolute atomic E-state index is 13.3. The summed E-state index contributed by atoms with van der Waals surface area (Å²) < 4.78 is 33.9. The molecule has 1 aliphatic heterocycles. The number of ether oxygens (including phenoxy) is 1. The molecule has 2 aromatic carbocycles. The lowest BCUT2D eigenvalue weighted by Crippen LogP contribution is -2.49. The fraction of sp³-hybridized carbons (Fsp3) is 0.333. The van der Waals surface area contributed by atoms with Crippen molar-refractivity contribution in [3.63, 3.8) is 0 Å². The Morgan fingerprint density at radius 3 is 2.21 bits per heavy atom. The zero-order valence-corrected chi connectivity index (χ0v) is 17.5. The van der Waals surface area contributed by atoms with E-state index in [1.807, 2.05) is 38.1 Å². The number of nitrogens with zero attached hydrogens (tertiary/aromatic N) is 3. The second-order valence-electron chi connectivity index (χ2n) is 7.11. The molecule has 1 fully saturated rings. The van der Waals surface area contributed by atoms with Gasteiger partial charge in [0.05, 0.1) is 11.6 Å². The summed E-state index contributed by atoms with van der Waals surface area (Å²) in [7, 11) is -3.90. The number of piperazine rings is 1. The van der Waals surface area contributed by atoms with Crippen LogP contribution in [0.4, 0.5) is 0 Å². The number of nitriles is 1. The highest BCUT2D eigenvalue weighted by molar-refractivity contribution is 7.89. The average molecular weight is 413 g/mol. The number of hydrogen-bond donors (Lipinski definition) is 0. The second kappa shape index (κ2) is 8.23. The summed E-state index contributed by atoms with van der Waals surface area (Å²) in [6.07, 6.45) is 0. The Hall–Kier alpha value is -2.89. The van der Waals surface area contributed by atoms with E-state index >= 15 is 0 Å². The van der Waals surface area contributed by atoms with Crippen LogP contribution in [0.25, 0.3) is 0 Å². The molecule has 0 aromatic heterocycles. The zero-order chi connectivity index (χ0) is 21.2. The maximum Gasteiger partial charge on any atom is 0.246 e. The molecule has 0 spiro atoms. The van der Waals surface area contributed by atoms with Crippen molar-refractivity contribution in [2.75, 3.05) is 26.2 Å². The van der Waals surface area contributed by atoms with E-state index in [1.54, 1.807) is 4.90 Å². The number of sulfonamides is 1. The lowest BCUT2D eigenvalue weighted by Gasteiger charge is -2.33. The van der Waals surface area contributed by atoms with Crippen molar-refractivity contribution in [1.82, 2.24) is 9.21 Å². The van der Waals surface area contributed by atoms with E-state index < -0.39 is 10.0 Å². The molecule has 1 heterocycles. The van der Waals surface area contributed by atoms with Crippen LogP contribution < -0.4 is 4.74 Å². The molecule has 152 valence electrons. The van der Waals surface area contributed by atoms with Gasteiger partial charge in [-0.05, 0) is 55.3 Å². The van der Waals surface area contributed by atoms with Gasteiger partial charge in [0.15, 0.2) is 0 Å². The van der Waals surface area contributed by atoms with Crippen molar-refractivity contribution < 1.29 is 17.9 Å². The molecular weight excluding hydrogens is 390 g/mol. The van der Waals surface area contributed by atoms with Gasteiger partial charge in [0, 0.05) is 33.1 Å². The van der Waals surface area contributed by atoms with E-state index in [0.717, 1.165) is 11.1 Å². The summed E-state index contributed by atoms with van der Waals surface area (Å²) in [5.74, 6) is 0.625. The van der Waals surface area contributed by atoms with E-state index in [9.17, 15) is 18.5 Å². The zero-order valence-electron chi connectivity index (χ0n) is 16.7. The summed E-state index contributed by atoms with van der Waals surface area (Å²) in [4.78, 5) is 13.1. The SMILES string of the molecule is CC(=O)N1CCN(S(=O)(=O)c2cc(C#N)ccc2Oc2cc(C)cc(C)c2)CC1. The number of carbonyl (C=O) groups excluding carboxylic acids is 1. The monoisotopic (exact) mass is 413 g/mol. The average Bonchev–Trinajstić information content (AvgIpc) is 2.67. The molecule has 29 heavy (non-hydrogen) atoms. The lowest BCUT2D eigenvalue weighted by atomic mass is 10.1. The first-order chi connectivity index (χ1) is 13.7. The predicted octanol–water partition coefficient (Wildman–Crippen LogP) is 2.82. The molecule has 7 nitrogen and oxygen atoms in total. The lowest BCUT2D eigenvalue weighted by molar-refractivity contribution is -0.129. The number of rotatable bonds is 4. The Bertz CT molecular complexity index is 1060. The van der Waals surface area contributed by atoms with E-state index in [0.29, 0.717) is 18.8 Å². The van der Waals surface area contributed by atoms with E-state index in [1.165, 1.54) is 29.4 Å². The molecule has 1 amide bonds. The number of amides is 1. The van der Waals surface area contributed by atoms with Gasteiger partial charge in [-0.3, -0.25) is 4.79 Å². The van der Waals surface area contributed by atoms with Crippen molar-refractivity contribution in [3.8, 4) is 17.6 Å². The van der Waals surface area contributed by atoms with Gasteiger partial charge in [0.2, 0.25) is 15.9 Å². The maximum atomic E-state index is 13.3. The van der Waals surface area contributed by atoms with Crippen molar-refractivity contribution in [2.24, 2.45) is 0 Å². The molecule has 0 atom stereocenters. The minimum absolute atomic E-state index is 0.0491. The van der Waals surface area contributed by atoms with Gasteiger partial charge < -0.3 is 9.64 Å². The van der Waals surface area contributed by atoms with Crippen LogP contribution in [-0.4, -0.2) is 49.7 Å². The third-order valence-corrected chi connectivity index (χ3v) is 6.72. The molecule has 8 heteroatoms. The topological polar surface area (TPSA) is 90.7 Å². The van der Waals surface area contributed by atoms with Crippen LogP contribution in [0.15, 0.2) is 41.3 Å². The first kappa shape index (κ1) is 20.8. The quantitative estimate of drug-likeness (QED) is 0.769. The van der Waals surface area contributed by atoms with Crippen LogP contribution in [0.5, 0.6) is 11.5 Å². The molecule has 1 saturated heterocycles. The van der Waals surface area contributed by atoms with Crippen molar-refractivity contribution in [1.29, 1.82) is 5.26 Å². The Balaban J connectivity index is 1.97. The van der Waals surface area contributed by atoms with Crippen LogP contribution in [-0.2, 0) is 14.8 Å². The Kier molecular flexibility index (Phi) is 5.91. The van der Waals surface area contributed by atoms with Gasteiger partial charge in [-0.2, -0.15) is 9.57 Å². The van der Waals surface area contributed by atoms with Crippen molar-refractivity contribution in [3.05, 3.63) is 53.1 Å². The van der Waals surface area contributed by atoms with Gasteiger partial charge in [-0.15, -0.1) is 0 Å². The molecule has 2 aromatic rings. The van der Waals surface area contributed by atoms with Crippen LogP contribution in [0.3, 0.4) is 0 Å². The summed E-state index contributed by atoms with van der Waals surface area (Å²) in [5.41, 5.74) is 2.23. The van der Waals surface area contributed by atoms with E-state index in [4.69, 9.17) is 4.74 Å². The minimum Gasteiger partial charge on any atom is -0.456 e. The van der Waals surface area contributed by atoms with Gasteiger partial charge >= 0.3 is 0 Å². The number of aryl methyl sites for hydroxylation is 2. The Morgan fingerprint density at radius 1 is 1.03 bits per heavy atom. The number of carbonyl (C=O) groups is 1. The molecule has 0 radical (unpaired) electrons. The first-order valence-electron chi connectivity index (χ1n) is 9.26. The minimum atomic E-state index is -3.90. The molecule has 0 unspecified atom stereocenters. The molecule has 0 N–H and O–H groups in total. The van der Waals surface area contributed by atoms with E-state index in [2.05, 4.69) is 0 Å². The highest BCUT2D eigenvalue weighted by Gasteiger charge is 2.32. The largest absolute Gasteiger partial charge is 0.456 e. The van der Waals surface area contributed by atoms with Crippen LogP contribution >= 0.6 is 0 Å². The summed E-state index contributed by atoms with van der Waals surface area (Å²) >= 11 is 0. The van der Waals surface area contributed by atoms with Crippen molar-refractivity contribution >= 4 is 15.9 Å². The molecule has 0 bridgehead atoms. The third kappa shape index (κ3) is 4.58. The molecule has 3 rings (SSSR count). The fourth-order valence-corrected chi connectivity index (χ4v) is 4.93. The Labute approximate surface area is 171 Å². The Morgan fingerprint density at radius 2 is 1.66 bits per heavy atom. The summed E-state index contributed by atoms with van der Waals surface area (Å²) in [6.45, 7) is 6.40. The van der Waals surface area contributed by atoms with Crippen LogP contribution in [0, 0.1) is 25.2 Å². The molecule has 1 aliphatic rings. The van der Waals surface area contributed by atoms with Gasteiger partial charge in [0.1, 0.15) is 16.4 Å². The normalized spacial score (nSPS) is 15.0. The van der Waals surface area contributed by atoms with Crippen LogP contribution in [0.2, 0.25) is 0 Å². The summed E-state index contributed by atoms with van der Waals surface area (Å²) in [5, 5.41) is 9.24. The van der Waals surface area contributed by atoms with E-state index in [-0.39, 0.29) is 35.2 Å². The predicted molar refractivity (Wildman–Crippen MR) is 108 cm³/mol. The number of benzene rings is 2. The highest BCUT2D eigenvalue weighted by Crippen LogP contribution is 2.33. The smallest absolute Gasteiger partial charge is 0.246 e. The summed E-state index contributed by atoms with van der Waals surface area (Å²) in [6, 6.07) is 12.0. The third-order valence-electron chi connectivity index (χ3n) is 4.80. The van der Waals surface area contributed by atoms with Crippen LogP contribution in [0.1, 0.15) is 23.6 Å². The second-order valence-corrected chi connectivity index (χ2v) is 9.02. The molecule has 0 aliphatic carbocycles. The fourth-order valence-electron chi connectivity index (χ4n) is 3.36. The van der Waals surface area contributed by atoms with Gasteiger partial charge in [-0.1, -0.05) is 6.07 Å². The number of hydrogen-bond acceptors (Lipinski definition) is 5.